The number of carbonyl (C=O) groups excluding carboxylic acids is 1. The van der Waals surface area contributed by atoms with Gasteiger partial charge in [0.25, 0.3) is 5.91 Å². The molecule has 0 aliphatic heterocycles. The number of alkyl halides is 3. The van der Waals surface area contributed by atoms with Crippen molar-refractivity contribution in [1.29, 1.82) is 0 Å². The SMILES string of the molecule is O=C(Nc1cc(-n2ccnc2)ncn1)c1ccccc1C(F)(F)F. The predicted molar refractivity (Wildman–Crippen MR) is 78.6 cm³/mol. The number of hydrogen-bond acceptors (Lipinski definition) is 4. The minimum atomic E-state index is -4.62. The first-order valence-corrected chi connectivity index (χ1v) is 6.73. The number of nitrogens with zero attached hydrogens (tertiary/aromatic N) is 4. The summed E-state index contributed by atoms with van der Waals surface area (Å²) < 4.78 is 40.5. The Labute approximate surface area is 134 Å². The number of imidazole rings is 1. The summed E-state index contributed by atoms with van der Waals surface area (Å²) >= 11 is 0. The molecule has 1 aromatic carbocycles. The van der Waals surface area contributed by atoms with Gasteiger partial charge in [-0.3, -0.25) is 9.36 Å². The van der Waals surface area contributed by atoms with Crippen LogP contribution in [0.15, 0.2) is 55.4 Å². The van der Waals surface area contributed by atoms with Crippen LogP contribution in [0.1, 0.15) is 15.9 Å². The van der Waals surface area contributed by atoms with Crippen molar-refractivity contribution >= 4 is 11.7 Å². The summed E-state index contributed by atoms with van der Waals surface area (Å²) in [5.74, 6) is -0.407. The Bertz CT molecular complexity index is 862. The third kappa shape index (κ3) is 3.24. The van der Waals surface area contributed by atoms with Gasteiger partial charge in [0.05, 0.1) is 11.1 Å². The van der Waals surface area contributed by atoms with Gasteiger partial charge in [-0.25, -0.2) is 15.0 Å². The number of nitrogens with one attached hydrogen (secondary N) is 1. The molecule has 0 bridgehead atoms. The van der Waals surface area contributed by atoms with Crippen LogP contribution in [-0.4, -0.2) is 25.4 Å². The minimum Gasteiger partial charge on any atom is -0.306 e. The summed E-state index contributed by atoms with van der Waals surface area (Å²) in [5, 5.41) is 2.35. The third-order valence-corrected chi connectivity index (χ3v) is 3.14. The Morgan fingerprint density at radius 2 is 1.96 bits per heavy atom. The minimum absolute atomic E-state index is 0.0793. The number of hydrogen-bond donors (Lipinski definition) is 1. The fraction of sp³-hybridized carbons (Fsp3) is 0.0667. The molecule has 0 fully saturated rings. The molecule has 9 heteroatoms. The van der Waals surface area contributed by atoms with Crippen molar-refractivity contribution in [2.45, 2.75) is 6.18 Å². The van der Waals surface area contributed by atoms with Gasteiger partial charge in [0.1, 0.15) is 24.3 Å². The topological polar surface area (TPSA) is 72.7 Å². The molecule has 3 aromatic rings. The molecule has 0 unspecified atom stereocenters. The second-order valence-corrected chi connectivity index (χ2v) is 4.73. The highest BCUT2D eigenvalue weighted by Gasteiger charge is 2.34. The molecule has 122 valence electrons. The van der Waals surface area contributed by atoms with Crippen LogP contribution in [0.25, 0.3) is 5.82 Å². The van der Waals surface area contributed by atoms with E-state index in [4.69, 9.17) is 0 Å². The number of benzene rings is 1. The fourth-order valence-electron chi connectivity index (χ4n) is 2.06. The third-order valence-electron chi connectivity index (χ3n) is 3.14. The van der Waals surface area contributed by atoms with Gasteiger partial charge in [0.15, 0.2) is 0 Å². The van der Waals surface area contributed by atoms with Crippen LogP contribution in [0.2, 0.25) is 0 Å². The molecule has 0 saturated heterocycles. The first-order chi connectivity index (χ1) is 11.4. The van der Waals surface area contributed by atoms with Crippen LogP contribution in [0, 0.1) is 0 Å². The Kier molecular flexibility index (Phi) is 3.98. The van der Waals surface area contributed by atoms with Gasteiger partial charge >= 0.3 is 6.18 Å². The number of carbonyl (C=O) groups is 1. The van der Waals surface area contributed by atoms with Crippen LogP contribution in [0.4, 0.5) is 19.0 Å². The molecule has 6 nitrogen and oxygen atoms in total. The summed E-state index contributed by atoms with van der Waals surface area (Å²) in [6.45, 7) is 0. The highest BCUT2D eigenvalue weighted by Crippen LogP contribution is 2.32. The highest BCUT2D eigenvalue weighted by molar-refractivity contribution is 6.05. The van der Waals surface area contributed by atoms with Crippen molar-refractivity contribution in [3.8, 4) is 5.82 Å². The maximum absolute atomic E-state index is 13.0. The molecule has 0 atom stereocenters. The monoisotopic (exact) mass is 333 g/mol. The van der Waals surface area contributed by atoms with Crippen molar-refractivity contribution in [2.24, 2.45) is 0 Å². The number of amides is 1. The van der Waals surface area contributed by atoms with Crippen LogP contribution < -0.4 is 5.32 Å². The van der Waals surface area contributed by atoms with Crippen molar-refractivity contribution in [1.82, 2.24) is 19.5 Å². The molecule has 2 heterocycles. The lowest BCUT2D eigenvalue weighted by atomic mass is 10.1. The van der Waals surface area contributed by atoms with E-state index in [9.17, 15) is 18.0 Å². The van der Waals surface area contributed by atoms with E-state index in [1.807, 2.05) is 0 Å². The number of halogens is 3. The lowest BCUT2D eigenvalue weighted by molar-refractivity contribution is -0.137. The maximum atomic E-state index is 13.0. The van der Waals surface area contributed by atoms with Crippen molar-refractivity contribution in [2.75, 3.05) is 5.32 Å². The second kappa shape index (κ2) is 6.11. The molecular formula is C15H10F3N5O. The van der Waals surface area contributed by atoms with E-state index >= 15 is 0 Å². The molecule has 0 spiro atoms. The lowest BCUT2D eigenvalue weighted by Crippen LogP contribution is -2.19. The molecule has 1 amide bonds. The summed E-state index contributed by atoms with van der Waals surface area (Å²) in [4.78, 5) is 23.9. The molecule has 0 aliphatic carbocycles. The Hall–Kier alpha value is -3.23. The largest absolute Gasteiger partial charge is 0.417 e. The highest BCUT2D eigenvalue weighted by atomic mass is 19.4. The van der Waals surface area contributed by atoms with Crippen LogP contribution >= 0.6 is 0 Å². The number of anilines is 1. The van der Waals surface area contributed by atoms with Crippen molar-refractivity contribution in [3.63, 3.8) is 0 Å². The zero-order valence-corrected chi connectivity index (χ0v) is 12.0. The second-order valence-electron chi connectivity index (χ2n) is 4.73. The fourth-order valence-corrected chi connectivity index (χ4v) is 2.06. The summed E-state index contributed by atoms with van der Waals surface area (Å²) in [7, 11) is 0. The molecule has 3 rings (SSSR count). The van der Waals surface area contributed by atoms with E-state index in [0.717, 1.165) is 12.1 Å². The molecule has 1 N–H and O–H groups in total. The average Bonchev–Trinajstić information content (AvgIpc) is 3.09. The molecule has 2 aromatic heterocycles. The van der Waals surface area contributed by atoms with E-state index in [2.05, 4.69) is 20.3 Å². The maximum Gasteiger partial charge on any atom is 0.417 e. The molecule has 24 heavy (non-hydrogen) atoms. The predicted octanol–water partition coefficient (Wildman–Crippen LogP) is 2.93. The van der Waals surface area contributed by atoms with Crippen molar-refractivity contribution < 1.29 is 18.0 Å². The summed E-state index contributed by atoms with van der Waals surface area (Å²) in [6, 6.07) is 5.97. The van der Waals surface area contributed by atoms with Gasteiger partial charge in [0, 0.05) is 18.5 Å². The number of aromatic nitrogens is 4. The van der Waals surface area contributed by atoms with Crippen LogP contribution in [0.3, 0.4) is 0 Å². The van der Waals surface area contributed by atoms with Gasteiger partial charge in [0.2, 0.25) is 0 Å². The first kappa shape index (κ1) is 15.7. The smallest absolute Gasteiger partial charge is 0.306 e. The summed E-state index contributed by atoms with van der Waals surface area (Å²) in [6.07, 6.45) is 1.24. The van der Waals surface area contributed by atoms with E-state index < -0.39 is 23.2 Å². The summed E-state index contributed by atoms with van der Waals surface area (Å²) in [5.41, 5.74) is -1.49. The zero-order chi connectivity index (χ0) is 17.2. The molecule has 0 aliphatic rings. The van der Waals surface area contributed by atoms with E-state index in [-0.39, 0.29) is 5.82 Å². The van der Waals surface area contributed by atoms with E-state index in [1.165, 1.54) is 30.9 Å². The quantitative estimate of drug-likeness (QED) is 0.800. The van der Waals surface area contributed by atoms with Gasteiger partial charge < -0.3 is 5.32 Å². The van der Waals surface area contributed by atoms with Gasteiger partial charge in [-0.2, -0.15) is 13.2 Å². The van der Waals surface area contributed by atoms with Gasteiger partial charge in [-0.15, -0.1) is 0 Å². The normalized spacial score (nSPS) is 11.3. The van der Waals surface area contributed by atoms with Crippen molar-refractivity contribution in [3.05, 3.63) is 66.5 Å². The van der Waals surface area contributed by atoms with Gasteiger partial charge in [-0.1, -0.05) is 12.1 Å². The standard InChI is InChI=1S/C15H10F3N5O/c16-15(17,18)11-4-2-1-3-10(11)14(24)22-12-7-13(21-8-20-12)23-6-5-19-9-23/h1-9H,(H,20,21,22,24). The van der Waals surface area contributed by atoms with Crippen LogP contribution in [0.5, 0.6) is 0 Å². The number of rotatable bonds is 3. The average molecular weight is 333 g/mol. The Balaban J connectivity index is 1.88. The van der Waals surface area contributed by atoms with E-state index in [0.29, 0.717) is 5.82 Å². The van der Waals surface area contributed by atoms with Gasteiger partial charge in [-0.05, 0) is 12.1 Å². The molecule has 0 radical (unpaired) electrons. The van der Waals surface area contributed by atoms with Crippen LogP contribution in [-0.2, 0) is 6.18 Å². The molecule has 0 saturated carbocycles. The lowest BCUT2D eigenvalue weighted by Gasteiger charge is -2.12. The Morgan fingerprint density at radius 3 is 2.67 bits per heavy atom. The molecular weight excluding hydrogens is 323 g/mol. The Morgan fingerprint density at radius 1 is 1.17 bits per heavy atom. The first-order valence-electron chi connectivity index (χ1n) is 6.73. The van der Waals surface area contributed by atoms with E-state index in [1.54, 1.807) is 17.0 Å². The zero-order valence-electron chi connectivity index (χ0n) is 12.0.